The Kier molecular flexibility index (Phi) is 4.82. The molecule has 0 saturated carbocycles. The van der Waals surface area contributed by atoms with Gasteiger partial charge >= 0.3 is 0 Å². The summed E-state index contributed by atoms with van der Waals surface area (Å²) in [5.41, 5.74) is 2.43. The van der Waals surface area contributed by atoms with Gasteiger partial charge in [-0.05, 0) is 43.3 Å². The van der Waals surface area contributed by atoms with Crippen LogP contribution in [0.2, 0.25) is 5.02 Å². The Hall–Kier alpha value is -2.79. The van der Waals surface area contributed by atoms with Crippen molar-refractivity contribution in [3.05, 3.63) is 65.3 Å². The topological polar surface area (TPSA) is 67.0 Å². The van der Waals surface area contributed by atoms with Crippen molar-refractivity contribution >= 4 is 23.2 Å². The van der Waals surface area contributed by atoms with Gasteiger partial charge in [-0.15, -0.1) is 0 Å². The van der Waals surface area contributed by atoms with Gasteiger partial charge in [-0.25, -0.2) is 0 Å². The predicted molar refractivity (Wildman–Crippen MR) is 94.6 cm³/mol. The summed E-state index contributed by atoms with van der Waals surface area (Å²) in [5.74, 6) is 0.489. The second-order valence-electron chi connectivity index (χ2n) is 5.06. The molecule has 1 amide bonds. The minimum atomic E-state index is -0.273. The van der Waals surface area contributed by atoms with Crippen LogP contribution >= 0.6 is 11.6 Å². The van der Waals surface area contributed by atoms with Crippen molar-refractivity contribution in [2.24, 2.45) is 0 Å². The highest BCUT2D eigenvalue weighted by molar-refractivity contribution is 6.33. The number of halogens is 1. The lowest BCUT2D eigenvalue weighted by atomic mass is 10.1. The lowest BCUT2D eigenvalue weighted by Gasteiger charge is -2.06. The van der Waals surface area contributed by atoms with Crippen LogP contribution in [-0.2, 0) is 0 Å². The van der Waals surface area contributed by atoms with Crippen LogP contribution < -0.4 is 10.1 Å². The molecule has 3 aromatic rings. The largest absolute Gasteiger partial charge is 0.494 e. The first-order chi connectivity index (χ1) is 11.7. The highest BCUT2D eigenvalue weighted by atomic mass is 35.5. The fourth-order valence-electron chi connectivity index (χ4n) is 2.24. The molecule has 2 N–H and O–H groups in total. The van der Waals surface area contributed by atoms with Crippen LogP contribution in [0.1, 0.15) is 17.4 Å². The minimum absolute atomic E-state index is 0.273. The van der Waals surface area contributed by atoms with E-state index in [2.05, 4.69) is 15.5 Å². The van der Waals surface area contributed by atoms with Crippen LogP contribution in [-0.4, -0.2) is 22.7 Å². The second kappa shape index (κ2) is 7.19. The number of amides is 1. The van der Waals surface area contributed by atoms with Crippen LogP contribution in [0.25, 0.3) is 11.3 Å². The zero-order valence-electron chi connectivity index (χ0n) is 13.0. The molecular formula is C18H16ClN3O2. The molecule has 0 aliphatic carbocycles. The third-order valence-electron chi connectivity index (χ3n) is 3.40. The van der Waals surface area contributed by atoms with E-state index >= 15 is 0 Å². The van der Waals surface area contributed by atoms with Crippen LogP contribution in [0, 0.1) is 0 Å². The Bertz CT molecular complexity index is 843. The number of H-pyrrole nitrogens is 1. The number of aromatic nitrogens is 2. The maximum Gasteiger partial charge on any atom is 0.273 e. The Morgan fingerprint density at radius 1 is 1.21 bits per heavy atom. The van der Waals surface area contributed by atoms with E-state index < -0.39 is 0 Å². The number of nitrogens with zero attached hydrogens (tertiary/aromatic N) is 1. The van der Waals surface area contributed by atoms with Gasteiger partial charge in [0.1, 0.15) is 11.4 Å². The number of hydrogen-bond donors (Lipinski definition) is 2. The SMILES string of the molecule is CCOc1ccc(NC(=O)c2cc(-c3ccccc3Cl)n[nH]2)cc1. The predicted octanol–water partition coefficient (Wildman–Crippen LogP) is 4.38. The van der Waals surface area contributed by atoms with Crippen LogP contribution in [0.3, 0.4) is 0 Å². The maximum absolute atomic E-state index is 12.3. The summed E-state index contributed by atoms with van der Waals surface area (Å²) in [6.45, 7) is 2.52. The van der Waals surface area contributed by atoms with E-state index in [9.17, 15) is 4.79 Å². The summed E-state index contributed by atoms with van der Waals surface area (Å²) in [7, 11) is 0. The van der Waals surface area contributed by atoms with E-state index in [1.807, 2.05) is 25.1 Å². The fourth-order valence-corrected chi connectivity index (χ4v) is 2.48. The maximum atomic E-state index is 12.3. The summed E-state index contributed by atoms with van der Waals surface area (Å²) >= 11 is 6.15. The van der Waals surface area contributed by atoms with Crippen LogP contribution in [0.15, 0.2) is 54.6 Å². The van der Waals surface area contributed by atoms with Crippen molar-refractivity contribution in [1.82, 2.24) is 10.2 Å². The number of anilines is 1. The average Bonchev–Trinajstić information content (AvgIpc) is 3.07. The van der Waals surface area contributed by atoms with Gasteiger partial charge in [0.25, 0.3) is 5.91 Å². The third-order valence-corrected chi connectivity index (χ3v) is 3.73. The van der Waals surface area contributed by atoms with E-state index in [-0.39, 0.29) is 5.91 Å². The van der Waals surface area contributed by atoms with Crippen molar-refractivity contribution in [1.29, 1.82) is 0 Å². The van der Waals surface area contributed by atoms with E-state index in [1.165, 1.54) is 0 Å². The molecule has 122 valence electrons. The molecule has 1 heterocycles. The Morgan fingerprint density at radius 2 is 1.96 bits per heavy atom. The van der Waals surface area contributed by atoms with Gasteiger partial charge < -0.3 is 10.1 Å². The normalized spacial score (nSPS) is 10.4. The van der Waals surface area contributed by atoms with Gasteiger partial charge in [-0.2, -0.15) is 5.10 Å². The summed E-state index contributed by atoms with van der Waals surface area (Å²) < 4.78 is 5.37. The lowest BCUT2D eigenvalue weighted by Crippen LogP contribution is -2.12. The molecular weight excluding hydrogens is 326 g/mol. The second-order valence-corrected chi connectivity index (χ2v) is 5.47. The van der Waals surface area contributed by atoms with Gasteiger partial charge in [-0.1, -0.05) is 29.8 Å². The number of aromatic amines is 1. The van der Waals surface area contributed by atoms with Crippen LogP contribution in [0.5, 0.6) is 5.75 Å². The van der Waals surface area contributed by atoms with Gasteiger partial charge in [0.15, 0.2) is 0 Å². The molecule has 6 heteroatoms. The number of benzene rings is 2. The highest BCUT2D eigenvalue weighted by Gasteiger charge is 2.13. The van der Waals surface area contributed by atoms with Gasteiger partial charge in [-0.3, -0.25) is 9.89 Å². The fraction of sp³-hybridized carbons (Fsp3) is 0.111. The molecule has 0 atom stereocenters. The molecule has 0 bridgehead atoms. The van der Waals surface area contributed by atoms with Gasteiger partial charge in [0.05, 0.1) is 17.3 Å². The first-order valence-corrected chi connectivity index (χ1v) is 7.89. The van der Waals surface area contributed by atoms with Gasteiger partial charge in [0, 0.05) is 11.3 Å². The summed E-state index contributed by atoms with van der Waals surface area (Å²) in [4.78, 5) is 12.3. The standard InChI is InChI=1S/C18H16ClN3O2/c1-2-24-13-9-7-12(8-10-13)20-18(23)17-11-16(21-22-17)14-5-3-4-6-15(14)19/h3-11H,2H2,1H3,(H,20,23)(H,21,22). The lowest BCUT2D eigenvalue weighted by molar-refractivity contribution is 0.102. The van der Waals surface area contributed by atoms with Crippen molar-refractivity contribution < 1.29 is 9.53 Å². The molecule has 1 aromatic heterocycles. The number of nitrogens with one attached hydrogen (secondary N) is 2. The molecule has 2 aromatic carbocycles. The van der Waals surface area contributed by atoms with E-state index in [0.717, 1.165) is 11.3 Å². The Labute approximate surface area is 144 Å². The summed E-state index contributed by atoms with van der Waals surface area (Å²) in [6.07, 6.45) is 0. The smallest absolute Gasteiger partial charge is 0.273 e. The van der Waals surface area contributed by atoms with E-state index in [0.29, 0.717) is 28.7 Å². The quantitative estimate of drug-likeness (QED) is 0.723. The number of carbonyl (C=O) groups excluding carboxylic acids is 1. The molecule has 0 unspecified atom stereocenters. The van der Waals surface area contributed by atoms with Crippen molar-refractivity contribution in [3.8, 4) is 17.0 Å². The summed E-state index contributed by atoms with van der Waals surface area (Å²) in [5, 5.41) is 10.3. The first kappa shape index (κ1) is 16.1. The first-order valence-electron chi connectivity index (χ1n) is 7.52. The van der Waals surface area contributed by atoms with Crippen LogP contribution in [0.4, 0.5) is 5.69 Å². The van der Waals surface area contributed by atoms with E-state index in [4.69, 9.17) is 16.3 Å². The number of ether oxygens (including phenoxy) is 1. The zero-order chi connectivity index (χ0) is 16.9. The van der Waals surface area contributed by atoms with E-state index in [1.54, 1.807) is 36.4 Å². The third kappa shape index (κ3) is 3.58. The number of carbonyl (C=O) groups is 1. The minimum Gasteiger partial charge on any atom is -0.494 e. The molecule has 0 aliphatic rings. The van der Waals surface area contributed by atoms with Gasteiger partial charge in [0.2, 0.25) is 0 Å². The molecule has 0 spiro atoms. The molecule has 0 fully saturated rings. The molecule has 0 aliphatic heterocycles. The molecule has 0 saturated heterocycles. The molecule has 0 radical (unpaired) electrons. The Balaban J connectivity index is 1.73. The average molecular weight is 342 g/mol. The number of rotatable bonds is 5. The van der Waals surface area contributed by atoms with Crippen molar-refractivity contribution in [2.75, 3.05) is 11.9 Å². The van der Waals surface area contributed by atoms with Crippen molar-refractivity contribution in [3.63, 3.8) is 0 Å². The molecule has 5 nitrogen and oxygen atoms in total. The highest BCUT2D eigenvalue weighted by Crippen LogP contribution is 2.26. The monoisotopic (exact) mass is 341 g/mol. The molecule has 3 rings (SSSR count). The Morgan fingerprint density at radius 3 is 2.67 bits per heavy atom. The number of hydrogen-bond acceptors (Lipinski definition) is 3. The molecule has 24 heavy (non-hydrogen) atoms. The zero-order valence-corrected chi connectivity index (χ0v) is 13.8. The van der Waals surface area contributed by atoms with Crippen molar-refractivity contribution in [2.45, 2.75) is 6.92 Å². The summed E-state index contributed by atoms with van der Waals surface area (Å²) in [6, 6.07) is 16.2.